The number of nitrogens with one attached hydrogen (secondary N) is 2. The van der Waals surface area contributed by atoms with E-state index in [9.17, 15) is 4.79 Å². The number of hydrogen-bond donors (Lipinski definition) is 2. The smallest absolute Gasteiger partial charge is 0.323 e. The van der Waals surface area contributed by atoms with Gasteiger partial charge in [-0.15, -0.1) is 0 Å². The predicted octanol–water partition coefficient (Wildman–Crippen LogP) is 1.68. The summed E-state index contributed by atoms with van der Waals surface area (Å²) in [6, 6.07) is 3.82. The number of halogens is 1. The van der Waals surface area contributed by atoms with Gasteiger partial charge in [-0.25, -0.2) is 4.79 Å². The summed E-state index contributed by atoms with van der Waals surface area (Å²) in [6.07, 6.45) is 0. The van der Waals surface area contributed by atoms with Gasteiger partial charge >= 0.3 is 5.69 Å². The number of benzene rings is 1. The third kappa shape index (κ3) is 1.43. The van der Waals surface area contributed by atoms with Crippen molar-refractivity contribution in [3.05, 3.63) is 27.1 Å². The molecule has 0 radical (unpaired) electrons. The van der Waals surface area contributed by atoms with E-state index < -0.39 is 0 Å². The largest absolute Gasteiger partial charge is 0.377 e. The Labute approximate surface area is 89.1 Å². The van der Waals surface area contributed by atoms with Crippen LogP contribution in [0.5, 0.6) is 0 Å². The van der Waals surface area contributed by atoms with Crippen molar-refractivity contribution in [3.63, 3.8) is 0 Å². The standard InChI is InChI=1S/C9H10BrN3O/c1-13(2)8-4-7-6(3-5(8)10)11-9(14)12-7/h3-4H,1-2H3,(H2,11,12,14). The Morgan fingerprint density at radius 2 is 1.79 bits per heavy atom. The summed E-state index contributed by atoms with van der Waals surface area (Å²) < 4.78 is 0.963. The van der Waals surface area contributed by atoms with Gasteiger partial charge in [0.1, 0.15) is 0 Å². The maximum absolute atomic E-state index is 11.0. The van der Waals surface area contributed by atoms with E-state index in [0.717, 1.165) is 21.2 Å². The van der Waals surface area contributed by atoms with Crippen LogP contribution >= 0.6 is 15.9 Å². The van der Waals surface area contributed by atoms with E-state index in [1.165, 1.54) is 0 Å². The lowest BCUT2D eigenvalue weighted by Crippen LogP contribution is -2.09. The molecule has 4 nitrogen and oxygen atoms in total. The summed E-state index contributed by atoms with van der Waals surface area (Å²) in [5.74, 6) is 0. The van der Waals surface area contributed by atoms with Gasteiger partial charge in [0.05, 0.1) is 16.7 Å². The van der Waals surface area contributed by atoms with E-state index in [0.29, 0.717) is 0 Å². The molecule has 1 heterocycles. The molecule has 0 aliphatic heterocycles. The van der Waals surface area contributed by atoms with Gasteiger partial charge in [-0.2, -0.15) is 0 Å². The van der Waals surface area contributed by atoms with Crippen molar-refractivity contribution < 1.29 is 0 Å². The lowest BCUT2D eigenvalue weighted by atomic mass is 10.2. The van der Waals surface area contributed by atoms with Gasteiger partial charge in [0.15, 0.2) is 0 Å². The van der Waals surface area contributed by atoms with Crippen molar-refractivity contribution in [2.24, 2.45) is 0 Å². The van der Waals surface area contributed by atoms with Crippen molar-refractivity contribution in [3.8, 4) is 0 Å². The average molecular weight is 256 g/mol. The van der Waals surface area contributed by atoms with Gasteiger partial charge in [-0.05, 0) is 28.1 Å². The number of rotatable bonds is 1. The SMILES string of the molecule is CN(C)c1cc2[nH]c(=O)[nH]c2cc1Br. The average Bonchev–Trinajstić information content (AvgIpc) is 2.42. The van der Waals surface area contributed by atoms with Crippen LogP contribution in [0, 0.1) is 0 Å². The van der Waals surface area contributed by atoms with Crippen LogP contribution in [0.25, 0.3) is 11.0 Å². The molecular weight excluding hydrogens is 246 g/mol. The van der Waals surface area contributed by atoms with E-state index in [4.69, 9.17) is 0 Å². The first kappa shape index (κ1) is 9.33. The van der Waals surface area contributed by atoms with Crippen LogP contribution in [0.2, 0.25) is 0 Å². The molecule has 0 aliphatic carbocycles. The monoisotopic (exact) mass is 255 g/mol. The van der Waals surface area contributed by atoms with Crippen LogP contribution in [-0.4, -0.2) is 24.1 Å². The van der Waals surface area contributed by atoms with Crippen LogP contribution in [0.3, 0.4) is 0 Å². The molecule has 1 aromatic heterocycles. The summed E-state index contributed by atoms with van der Waals surface area (Å²) in [5.41, 5.74) is 2.49. The number of fused-ring (bicyclic) bond motifs is 1. The molecule has 2 rings (SSSR count). The van der Waals surface area contributed by atoms with Gasteiger partial charge < -0.3 is 14.9 Å². The third-order valence-corrected chi connectivity index (χ3v) is 2.70. The molecule has 0 bridgehead atoms. The second-order valence-electron chi connectivity index (χ2n) is 3.32. The Morgan fingerprint density at radius 1 is 1.21 bits per heavy atom. The fourth-order valence-corrected chi connectivity index (χ4v) is 2.09. The lowest BCUT2D eigenvalue weighted by Gasteiger charge is -2.14. The molecule has 0 saturated carbocycles. The first-order chi connectivity index (χ1) is 6.58. The summed E-state index contributed by atoms with van der Waals surface area (Å²) in [7, 11) is 3.91. The van der Waals surface area contributed by atoms with E-state index in [-0.39, 0.29) is 5.69 Å². The molecule has 0 unspecified atom stereocenters. The highest BCUT2D eigenvalue weighted by Crippen LogP contribution is 2.27. The van der Waals surface area contributed by atoms with Crippen LogP contribution in [0.15, 0.2) is 21.4 Å². The first-order valence-corrected chi connectivity index (χ1v) is 4.96. The zero-order valence-electron chi connectivity index (χ0n) is 7.89. The molecule has 74 valence electrons. The number of imidazole rings is 1. The van der Waals surface area contributed by atoms with Crippen molar-refractivity contribution in [1.82, 2.24) is 9.97 Å². The second-order valence-corrected chi connectivity index (χ2v) is 4.18. The second kappa shape index (κ2) is 3.16. The van der Waals surface area contributed by atoms with Crippen LogP contribution in [0.1, 0.15) is 0 Å². The van der Waals surface area contributed by atoms with Crippen molar-refractivity contribution in [2.45, 2.75) is 0 Å². The molecule has 0 saturated heterocycles. The summed E-state index contributed by atoms with van der Waals surface area (Å²) in [4.78, 5) is 18.5. The van der Waals surface area contributed by atoms with Gasteiger partial charge in [-0.3, -0.25) is 0 Å². The van der Waals surface area contributed by atoms with Gasteiger partial charge in [-0.1, -0.05) is 0 Å². The van der Waals surface area contributed by atoms with Crippen LogP contribution in [0.4, 0.5) is 5.69 Å². The van der Waals surface area contributed by atoms with Crippen molar-refractivity contribution in [2.75, 3.05) is 19.0 Å². The Balaban J connectivity index is 2.76. The van der Waals surface area contributed by atoms with Crippen molar-refractivity contribution >= 4 is 32.7 Å². The molecule has 5 heteroatoms. The molecule has 2 aromatic rings. The molecule has 0 amide bonds. The number of aromatic amines is 2. The fraction of sp³-hybridized carbons (Fsp3) is 0.222. The zero-order chi connectivity index (χ0) is 10.3. The maximum atomic E-state index is 11.0. The molecule has 0 fully saturated rings. The highest BCUT2D eigenvalue weighted by molar-refractivity contribution is 9.10. The molecule has 0 spiro atoms. The van der Waals surface area contributed by atoms with Crippen LogP contribution in [-0.2, 0) is 0 Å². The Morgan fingerprint density at radius 3 is 2.36 bits per heavy atom. The lowest BCUT2D eigenvalue weighted by molar-refractivity contribution is 1.13. The molecular formula is C9H10BrN3O. The molecule has 1 aromatic carbocycles. The molecule has 0 atom stereocenters. The molecule has 0 aliphatic rings. The summed E-state index contributed by atoms with van der Waals surface area (Å²) in [6.45, 7) is 0. The normalized spacial score (nSPS) is 10.8. The maximum Gasteiger partial charge on any atom is 0.323 e. The van der Waals surface area contributed by atoms with Gasteiger partial charge in [0, 0.05) is 18.6 Å². The highest BCUT2D eigenvalue weighted by atomic mass is 79.9. The van der Waals surface area contributed by atoms with Crippen molar-refractivity contribution in [1.29, 1.82) is 0 Å². The first-order valence-electron chi connectivity index (χ1n) is 4.17. The molecule has 14 heavy (non-hydrogen) atoms. The van der Waals surface area contributed by atoms with E-state index >= 15 is 0 Å². The summed E-state index contributed by atoms with van der Waals surface area (Å²) >= 11 is 3.45. The number of nitrogens with zero attached hydrogens (tertiary/aromatic N) is 1. The van der Waals surface area contributed by atoms with Gasteiger partial charge in [0.2, 0.25) is 0 Å². The Hall–Kier alpha value is -1.23. The fourth-order valence-electron chi connectivity index (χ4n) is 1.39. The third-order valence-electron chi connectivity index (χ3n) is 2.07. The summed E-state index contributed by atoms with van der Waals surface area (Å²) in [5, 5.41) is 0. The van der Waals surface area contributed by atoms with E-state index in [1.54, 1.807) is 0 Å². The Kier molecular flexibility index (Phi) is 2.11. The van der Waals surface area contributed by atoms with E-state index in [2.05, 4.69) is 25.9 Å². The minimum absolute atomic E-state index is 0.178. The van der Waals surface area contributed by atoms with E-state index in [1.807, 2.05) is 31.1 Å². The zero-order valence-corrected chi connectivity index (χ0v) is 9.47. The quantitative estimate of drug-likeness (QED) is 0.815. The number of H-pyrrole nitrogens is 2. The molecule has 2 N–H and O–H groups in total. The highest BCUT2D eigenvalue weighted by Gasteiger charge is 2.06. The number of anilines is 1. The number of aromatic nitrogens is 2. The topological polar surface area (TPSA) is 51.9 Å². The van der Waals surface area contributed by atoms with Crippen LogP contribution < -0.4 is 10.6 Å². The minimum atomic E-state index is -0.178. The van der Waals surface area contributed by atoms with Gasteiger partial charge in [0.25, 0.3) is 0 Å². The number of hydrogen-bond acceptors (Lipinski definition) is 2. The minimum Gasteiger partial charge on any atom is -0.377 e. The Bertz CT molecular complexity index is 526. The predicted molar refractivity (Wildman–Crippen MR) is 60.9 cm³/mol.